The van der Waals surface area contributed by atoms with E-state index in [4.69, 9.17) is 4.74 Å². The van der Waals surface area contributed by atoms with Crippen molar-refractivity contribution >= 4 is 11.8 Å². The molecule has 0 aliphatic carbocycles. The van der Waals surface area contributed by atoms with E-state index in [0.717, 1.165) is 26.1 Å². The minimum Gasteiger partial charge on any atom is -0.459 e. The number of carbonyl (C=O) groups excluding carboxylic acids is 1. The van der Waals surface area contributed by atoms with Crippen molar-refractivity contribution in [1.82, 2.24) is 9.88 Å². The first-order valence-corrected chi connectivity index (χ1v) is 11.3. The summed E-state index contributed by atoms with van der Waals surface area (Å²) in [5.41, 5.74) is 4.32. The normalized spacial score (nSPS) is 16.3. The van der Waals surface area contributed by atoms with Gasteiger partial charge in [-0.1, -0.05) is 54.6 Å². The molecule has 1 atom stereocenters. The zero-order valence-electron chi connectivity index (χ0n) is 19.1. The van der Waals surface area contributed by atoms with Crippen LogP contribution in [-0.2, 0) is 11.3 Å². The fourth-order valence-corrected chi connectivity index (χ4v) is 4.25. The number of pyridine rings is 1. The van der Waals surface area contributed by atoms with Crippen molar-refractivity contribution in [3.63, 3.8) is 0 Å². The van der Waals surface area contributed by atoms with E-state index < -0.39 is 0 Å². The molecule has 32 heavy (non-hydrogen) atoms. The van der Waals surface area contributed by atoms with Crippen LogP contribution >= 0.6 is 0 Å². The van der Waals surface area contributed by atoms with Gasteiger partial charge in [0, 0.05) is 38.9 Å². The molecule has 1 aliphatic heterocycles. The topological polar surface area (TPSA) is 45.7 Å². The molecule has 0 amide bonds. The van der Waals surface area contributed by atoms with Crippen LogP contribution < -0.4 is 4.90 Å². The summed E-state index contributed by atoms with van der Waals surface area (Å²) < 4.78 is 5.42. The lowest BCUT2D eigenvalue weighted by molar-refractivity contribution is 0.0378. The maximum atomic E-state index is 12.5. The molecular weight excluding hydrogens is 398 g/mol. The first-order valence-electron chi connectivity index (χ1n) is 11.3. The Morgan fingerprint density at radius 2 is 1.78 bits per heavy atom. The standard InChI is InChI=1S/C27H31N3O2/c1-20(2)32-27(31)25-10-7-16-28-26(25)29(3)24-15-17-30(19-24)18-21-11-13-23(14-12-21)22-8-5-4-6-9-22/h4-14,16,20,24H,15,17-19H2,1-3H3/t24-/m1/s1. The summed E-state index contributed by atoms with van der Waals surface area (Å²) in [6.07, 6.45) is 2.61. The van der Waals surface area contributed by atoms with Crippen molar-refractivity contribution in [2.24, 2.45) is 0 Å². The lowest BCUT2D eigenvalue weighted by Gasteiger charge is -2.27. The second-order valence-electron chi connectivity index (χ2n) is 8.68. The smallest absolute Gasteiger partial charge is 0.342 e. The van der Waals surface area contributed by atoms with Gasteiger partial charge in [-0.15, -0.1) is 0 Å². The average molecular weight is 430 g/mol. The van der Waals surface area contributed by atoms with Gasteiger partial charge in [0.15, 0.2) is 0 Å². The Balaban J connectivity index is 1.39. The van der Waals surface area contributed by atoms with Gasteiger partial charge in [0.25, 0.3) is 0 Å². The molecular formula is C27H31N3O2. The molecule has 0 unspecified atom stereocenters. The van der Waals surface area contributed by atoms with Gasteiger partial charge in [-0.3, -0.25) is 4.90 Å². The molecule has 0 radical (unpaired) electrons. The van der Waals surface area contributed by atoms with Crippen LogP contribution in [-0.4, -0.2) is 48.1 Å². The number of carbonyl (C=O) groups is 1. The van der Waals surface area contributed by atoms with Crippen molar-refractivity contribution in [2.75, 3.05) is 25.0 Å². The van der Waals surface area contributed by atoms with E-state index in [1.165, 1.54) is 16.7 Å². The third kappa shape index (κ3) is 5.17. The minimum atomic E-state index is -0.316. The largest absolute Gasteiger partial charge is 0.459 e. The zero-order valence-corrected chi connectivity index (χ0v) is 19.1. The number of ether oxygens (including phenoxy) is 1. The minimum absolute atomic E-state index is 0.156. The molecule has 1 saturated heterocycles. The highest BCUT2D eigenvalue weighted by Gasteiger charge is 2.29. The number of aromatic nitrogens is 1. The predicted molar refractivity (Wildman–Crippen MR) is 129 cm³/mol. The van der Waals surface area contributed by atoms with Crippen LogP contribution in [0.15, 0.2) is 72.9 Å². The Labute approximate surface area is 190 Å². The highest BCUT2D eigenvalue weighted by atomic mass is 16.5. The van der Waals surface area contributed by atoms with Gasteiger partial charge in [0.1, 0.15) is 11.4 Å². The third-order valence-corrected chi connectivity index (χ3v) is 5.95. The van der Waals surface area contributed by atoms with Gasteiger partial charge in [0.05, 0.1) is 6.10 Å². The number of hydrogen-bond acceptors (Lipinski definition) is 5. The number of hydrogen-bond donors (Lipinski definition) is 0. The van der Waals surface area contributed by atoms with E-state index in [1.807, 2.05) is 27.0 Å². The third-order valence-electron chi connectivity index (χ3n) is 5.95. The molecule has 166 valence electrons. The molecule has 0 saturated carbocycles. The van der Waals surface area contributed by atoms with E-state index in [9.17, 15) is 4.79 Å². The van der Waals surface area contributed by atoms with E-state index in [0.29, 0.717) is 17.4 Å². The number of likely N-dealkylation sites (N-methyl/N-ethyl adjacent to an activating group) is 1. The molecule has 0 spiro atoms. The van der Waals surface area contributed by atoms with Crippen LogP contribution in [0.2, 0.25) is 0 Å². The number of benzene rings is 2. The summed E-state index contributed by atoms with van der Waals surface area (Å²) in [5.74, 6) is 0.375. The van der Waals surface area contributed by atoms with E-state index in [2.05, 4.69) is 63.3 Å². The first-order chi connectivity index (χ1) is 15.5. The van der Waals surface area contributed by atoms with Crippen LogP contribution in [0.4, 0.5) is 5.82 Å². The number of nitrogens with zero attached hydrogens (tertiary/aromatic N) is 3. The van der Waals surface area contributed by atoms with Crippen LogP contribution in [0.1, 0.15) is 36.2 Å². The van der Waals surface area contributed by atoms with Crippen molar-refractivity contribution in [3.05, 3.63) is 84.1 Å². The summed E-state index contributed by atoms with van der Waals surface area (Å²) >= 11 is 0. The quantitative estimate of drug-likeness (QED) is 0.493. The Morgan fingerprint density at radius 3 is 2.50 bits per heavy atom. The molecule has 5 nitrogen and oxygen atoms in total. The molecule has 0 bridgehead atoms. The van der Waals surface area contributed by atoms with Gasteiger partial charge < -0.3 is 9.64 Å². The highest BCUT2D eigenvalue weighted by molar-refractivity contribution is 5.94. The van der Waals surface area contributed by atoms with Gasteiger partial charge in [-0.2, -0.15) is 0 Å². The number of likely N-dealkylation sites (tertiary alicyclic amines) is 1. The molecule has 4 rings (SSSR count). The van der Waals surface area contributed by atoms with E-state index in [-0.39, 0.29) is 12.1 Å². The molecule has 5 heteroatoms. The Bertz CT molecular complexity index is 1030. The molecule has 0 N–H and O–H groups in total. The summed E-state index contributed by atoms with van der Waals surface area (Å²) in [6, 6.07) is 23.2. The molecule has 1 aliphatic rings. The Kier molecular flexibility index (Phi) is 6.86. The van der Waals surface area contributed by atoms with Gasteiger partial charge in [-0.25, -0.2) is 9.78 Å². The number of anilines is 1. The molecule has 2 heterocycles. The Morgan fingerprint density at radius 1 is 1.06 bits per heavy atom. The summed E-state index contributed by atoms with van der Waals surface area (Å²) in [7, 11) is 2.03. The fraction of sp³-hybridized carbons (Fsp3) is 0.333. The predicted octanol–water partition coefficient (Wildman–Crippen LogP) is 5.02. The number of rotatable bonds is 7. The second kappa shape index (κ2) is 9.96. The van der Waals surface area contributed by atoms with Crippen molar-refractivity contribution in [3.8, 4) is 11.1 Å². The van der Waals surface area contributed by atoms with E-state index >= 15 is 0 Å². The monoisotopic (exact) mass is 429 g/mol. The summed E-state index contributed by atoms with van der Waals surface area (Å²) in [6.45, 7) is 6.60. The van der Waals surface area contributed by atoms with Crippen LogP contribution in [0.25, 0.3) is 11.1 Å². The number of esters is 1. The van der Waals surface area contributed by atoms with Crippen molar-refractivity contribution in [2.45, 2.75) is 39.0 Å². The van der Waals surface area contributed by atoms with Gasteiger partial charge in [-0.05, 0) is 49.1 Å². The van der Waals surface area contributed by atoms with Crippen LogP contribution in [0.5, 0.6) is 0 Å². The summed E-state index contributed by atoms with van der Waals surface area (Å²) in [5, 5.41) is 0. The lowest BCUT2D eigenvalue weighted by Crippen LogP contribution is -2.36. The SMILES string of the molecule is CC(C)OC(=O)c1cccnc1N(C)[C@@H]1CCN(Cc2ccc(-c3ccccc3)cc2)C1. The zero-order chi connectivity index (χ0) is 22.5. The highest BCUT2D eigenvalue weighted by Crippen LogP contribution is 2.25. The Hall–Kier alpha value is -3.18. The fourth-order valence-electron chi connectivity index (χ4n) is 4.25. The van der Waals surface area contributed by atoms with E-state index in [1.54, 1.807) is 18.3 Å². The first kappa shape index (κ1) is 22.0. The van der Waals surface area contributed by atoms with Crippen LogP contribution in [0, 0.1) is 0 Å². The second-order valence-corrected chi connectivity index (χ2v) is 8.68. The van der Waals surface area contributed by atoms with Gasteiger partial charge >= 0.3 is 5.97 Å². The maximum absolute atomic E-state index is 12.5. The molecule has 2 aromatic carbocycles. The molecule has 1 aromatic heterocycles. The van der Waals surface area contributed by atoms with Crippen molar-refractivity contribution in [1.29, 1.82) is 0 Å². The molecule has 3 aromatic rings. The lowest BCUT2D eigenvalue weighted by atomic mass is 10.0. The maximum Gasteiger partial charge on any atom is 0.342 e. The average Bonchev–Trinajstić information content (AvgIpc) is 3.27. The summed E-state index contributed by atoms with van der Waals surface area (Å²) in [4.78, 5) is 21.6. The molecule has 1 fully saturated rings. The van der Waals surface area contributed by atoms with Gasteiger partial charge in [0.2, 0.25) is 0 Å². The van der Waals surface area contributed by atoms with Crippen LogP contribution in [0.3, 0.4) is 0 Å². The van der Waals surface area contributed by atoms with Crippen molar-refractivity contribution < 1.29 is 9.53 Å².